The zero-order valence-electron chi connectivity index (χ0n) is 15.3. The van der Waals surface area contributed by atoms with Gasteiger partial charge >= 0.3 is 0 Å². The van der Waals surface area contributed by atoms with Gasteiger partial charge in [-0.3, -0.25) is 9.59 Å². The minimum absolute atomic E-state index is 0.183. The number of aldehydes is 2. The van der Waals surface area contributed by atoms with E-state index in [2.05, 4.69) is 6.92 Å². The maximum Gasteiger partial charge on any atom is 0.146 e. The van der Waals surface area contributed by atoms with Crippen molar-refractivity contribution in [3.8, 4) is 0 Å². The molecule has 26 heavy (non-hydrogen) atoms. The lowest BCUT2D eigenvalue weighted by atomic mass is 9.85. The van der Waals surface area contributed by atoms with Crippen molar-refractivity contribution in [1.82, 2.24) is 0 Å². The van der Waals surface area contributed by atoms with Crippen LogP contribution in [0.5, 0.6) is 0 Å². The van der Waals surface area contributed by atoms with Gasteiger partial charge in [0.25, 0.3) is 0 Å². The first-order valence-corrected chi connectivity index (χ1v) is 9.22. The third-order valence-electron chi connectivity index (χ3n) is 4.44. The number of benzene rings is 2. The summed E-state index contributed by atoms with van der Waals surface area (Å²) in [5.41, 5.74) is 3.25. The summed E-state index contributed by atoms with van der Waals surface area (Å²) >= 11 is 0. The van der Waals surface area contributed by atoms with E-state index in [1.165, 1.54) is 0 Å². The molecule has 0 aromatic heterocycles. The minimum Gasteiger partial charge on any atom is -0.298 e. The van der Waals surface area contributed by atoms with Gasteiger partial charge in [-0.15, -0.1) is 0 Å². The molecule has 0 unspecified atom stereocenters. The van der Waals surface area contributed by atoms with Crippen LogP contribution in [0.25, 0.3) is 12.2 Å². The van der Waals surface area contributed by atoms with Crippen molar-refractivity contribution >= 4 is 24.7 Å². The van der Waals surface area contributed by atoms with Gasteiger partial charge in [0.05, 0.1) is 0 Å². The molecule has 0 aliphatic rings. The fourth-order valence-corrected chi connectivity index (χ4v) is 3.04. The number of carbonyl (C=O) groups is 2. The predicted molar refractivity (Wildman–Crippen MR) is 109 cm³/mol. The predicted octanol–water partition coefficient (Wildman–Crippen LogP) is 5.75. The van der Waals surface area contributed by atoms with E-state index in [1.54, 1.807) is 0 Å². The fraction of sp³-hybridized carbons (Fsp3) is 0.250. The summed E-state index contributed by atoms with van der Waals surface area (Å²) in [5, 5.41) is 0. The number of rotatable bonds is 10. The second-order valence-corrected chi connectivity index (χ2v) is 6.39. The minimum atomic E-state index is -0.183. The first-order valence-electron chi connectivity index (χ1n) is 9.22. The number of hydrogen-bond donors (Lipinski definition) is 0. The number of unbranched alkanes of at least 4 members (excludes halogenated alkanes) is 2. The second-order valence-electron chi connectivity index (χ2n) is 6.39. The van der Waals surface area contributed by atoms with Crippen LogP contribution in [0.2, 0.25) is 0 Å². The summed E-state index contributed by atoms with van der Waals surface area (Å²) in [6, 6.07) is 19.5. The molecular formula is C24H26O2. The van der Waals surface area contributed by atoms with Gasteiger partial charge in [-0.05, 0) is 29.7 Å². The highest BCUT2D eigenvalue weighted by atomic mass is 16.1. The van der Waals surface area contributed by atoms with E-state index in [4.69, 9.17) is 0 Å². The van der Waals surface area contributed by atoms with Crippen LogP contribution in [-0.4, -0.2) is 12.6 Å². The standard InChI is InChI=1S/C24H26O2/c1-2-3-6-15-24(22(18-25)16-20-11-7-4-8-12-20)23(19-26)17-21-13-9-5-10-14-21/h4-5,7-14,16-19,24H,2-3,6,15H2,1H3. The molecule has 0 aliphatic carbocycles. The van der Waals surface area contributed by atoms with Crippen molar-refractivity contribution in [2.45, 2.75) is 32.6 Å². The molecule has 0 spiro atoms. The molecule has 134 valence electrons. The van der Waals surface area contributed by atoms with Gasteiger partial charge in [0.1, 0.15) is 12.6 Å². The van der Waals surface area contributed by atoms with Gasteiger partial charge in [-0.1, -0.05) is 86.8 Å². The van der Waals surface area contributed by atoms with E-state index in [9.17, 15) is 9.59 Å². The van der Waals surface area contributed by atoms with Crippen LogP contribution in [0.1, 0.15) is 43.7 Å². The van der Waals surface area contributed by atoms with Gasteiger partial charge < -0.3 is 0 Å². The van der Waals surface area contributed by atoms with Crippen LogP contribution >= 0.6 is 0 Å². The summed E-state index contributed by atoms with van der Waals surface area (Å²) in [4.78, 5) is 23.7. The van der Waals surface area contributed by atoms with E-state index in [1.807, 2.05) is 72.8 Å². The van der Waals surface area contributed by atoms with Crippen LogP contribution in [0, 0.1) is 5.92 Å². The third kappa shape index (κ3) is 5.96. The quantitative estimate of drug-likeness (QED) is 0.312. The van der Waals surface area contributed by atoms with Crippen molar-refractivity contribution in [3.05, 3.63) is 82.9 Å². The summed E-state index contributed by atoms with van der Waals surface area (Å²) in [6.07, 6.45) is 9.55. The molecule has 2 aromatic rings. The normalized spacial score (nSPS) is 13.3. The molecule has 0 N–H and O–H groups in total. The average molecular weight is 346 g/mol. The molecule has 2 nitrogen and oxygen atoms in total. The molecule has 0 aliphatic heterocycles. The van der Waals surface area contributed by atoms with Gasteiger partial charge in [-0.2, -0.15) is 0 Å². The van der Waals surface area contributed by atoms with E-state index in [0.29, 0.717) is 11.1 Å². The number of hydrogen-bond acceptors (Lipinski definition) is 2. The molecule has 0 amide bonds. The van der Waals surface area contributed by atoms with Crippen LogP contribution in [0.15, 0.2) is 71.8 Å². The molecule has 0 radical (unpaired) electrons. The van der Waals surface area contributed by atoms with Gasteiger partial charge in [-0.25, -0.2) is 0 Å². The molecule has 0 bridgehead atoms. The van der Waals surface area contributed by atoms with Crippen LogP contribution in [-0.2, 0) is 9.59 Å². The molecular weight excluding hydrogens is 320 g/mol. The van der Waals surface area contributed by atoms with E-state index < -0.39 is 0 Å². The topological polar surface area (TPSA) is 34.1 Å². The first-order chi connectivity index (χ1) is 12.8. The molecule has 2 aromatic carbocycles. The van der Waals surface area contributed by atoms with E-state index in [-0.39, 0.29) is 5.92 Å². The fourth-order valence-electron chi connectivity index (χ4n) is 3.04. The summed E-state index contributed by atoms with van der Waals surface area (Å²) in [5.74, 6) is -0.183. The Morgan fingerprint density at radius 3 is 1.62 bits per heavy atom. The zero-order valence-corrected chi connectivity index (χ0v) is 15.3. The maximum absolute atomic E-state index is 11.8. The smallest absolute Gasteiger partial charge is 0.146 e. The van der Waals surface area contributed by atoms with Crippen LogP contribution in [0.4, 0.5) is 0 Å². The largest absolute Gasteiger partial charge is 0.298 e. The Hall–Kier alpha value is -2.74. The van der Waals surface area contributed by atoms with Gasteiger partial charge in [0.2, 0.25) is 0 Å². The second kappa shape index (κ2) is 11.0. The molecule has 0 heterocycles. The lowest BCUT2D eigenvalue weighted by molar-refractivity contribution is -0.105. The summed E-state index contributed by atoms with van der Waals surface area (Å²) < 4.78 is 0. The number of carbonyl (C=O) groups excluding carboxylic acids is 2. The summed E-state index contributed by atoms with van der Waals surface area (Å²) in [7, 11) is 0. The average Bonchev–Trinajstić information content (AvgIpc) is 2.70. The third-order valence-corrected chi connectivity index (χ3v) is 4.44. The highest BCUT2D eigenvalue weighted by Gasteiger charge is 2.19. The maximum atomic E-state index is 11.8. The molecule has 2 heteroatoms. The molecule has 0 saturated heterocycles. The SMILES string of the molecule is CCCCCC(C(C=O)=Cc1ccccc1)C(C=O)=Cc1ccccc1. The first kappa shape index (κ1) is 19.6. The van der Waals surface area contributed by atoms with E-state index >= 15 is 0 Å². The van der Waals surface area contributed by atoms with Crippen LogP contribution in [0.3, 0.4) is 0 Å². The van der Waals surface area contributed by atoms with Crippen molar-refractivity contribution in [2.75, 3.05) is 0 Å². The van der Waals surface area contributed by atoms with Gasteiger partial charge in [0, 0.05) is 17.1 Å². The lowest BCUT2D eigenvalue weighted by Crippen LogP contribution is -2.10. The summed E-state index contributed by atoms with van der Waals surface area (Å²) in [6.45, 7) is 2.15. The van der Waals surface area contributed by atoms with E-state index in [0.717, 1.165) is 49.4 Å². The lowest BCUT2D eigenvalue weighted by Gasteiger charge is -2.18. The molecule has 0 atom stereocenters. The molecule has 2 rings (SSSR count). The highest BCUT2D eigenvalue weighted by Crippen LogP contribution is 2.28. The monoisotopic (exact) mass is 346 g/mol. The Morgan fingerprint density at radius 2 is 1.23 bits per heavy atom. The highest BCUT2D eigenvalue weighted by molar-refractivity contribution is 5.90. The Bertz CT molecular complexity index is 681. The van der Waals surface area contributed by atoms with Gasteiger partial charge in [0.15, 0.2) is 0 Å². The Labute approximate surface area is 156 Å². The van der Waals surface area contributed by atoms with Crippen molar-refractivity contribution in [2.24, 2.45) is 5.92 Å². The van der Waals surface area contributed by atoms with Crippen molar-refractivity contribution in [3.63, 3.8) is 0 Å². The Morgan fingerprint density at radius 1 is 0.769 bits per heavy atom. The Balaban J connectivity index is 2.39. The van der Waals surface area contributed by atoms with Crippen molar-refractivity contribution < 1.29 is 9.59 Å². The molecule has 0 fully saturated rings. The van der Waals surface area contributed by atoms with Crippen LogP contribution < -0.4 is 0 Å². The van der Waals surface area contributed by atoms with Crippen molar-refractivity contribution in [1.29, 1.82) is 0 Å². The zero-order chi connectivity index (χ0) is 18.6. The molecule has 0 saturated carbocycles. The number of allylic oxidation sites excluding steroid dienone is 2. The Kier molecular flexibility index (Phi) is 8.28.